The maximum atomic E-state index is 12.8. The van der Waals surface area contributed by atoms with Crippen molar-refractivity contribution in [2.24, 2.45) is 34.0 Å². The minimum atomic E-state index is -0.589. The van der Waals surface area contributed by atoms with Crippen molar-refractivity contribution in [1.82, 2.24) is 0 Å². The lowest BCUT2D eigenvalue weighted by Gasteiger charge is -2.61. The largest absolute Gasteiger partial charge is 0.392 e. The Kier molecular flexibility index (Phi) is 3.85. The quantitative estimate of drug-likeness (QED) is 0.729. The third-order valence-corrected chi connectivity index (χ3v) is 8.33. The molecule has 0 saturated heterocycles. The Labute approximate surface area is 140 Å². The first-order chi connectivity index (χ1) is 10.6. The van der Waals surface area contributed by atoms with Crippen molar-refractivity contribution in [3.8, 4) is 0 Å². The van der Waals surface area contributed by atoms with E-state index in [1.165, 1.54) is 0 Å². The highest BCUT2D eigenvalue weighted by Crippen LogP contribution is 2.67. The van der Waals surface area contributed by atoms with Gasteiger partial charge in [-0.3, -0.25) is 4.79 Å². The molecule has 3 aliphatic rings. The molecule has 3 heteroatoms. The minimum absolute atomic E-state index is 0.0428. The van der Waals surface area contributed by atoms with Gasteiger partial charge in [0, 0.05) is 23.2 Å². The molecule has 3 rings (SSSR count). The first-order valence-electron chi connectivity index (χ1n) is 9.16. The van der Waals surface area contributed by atoms with Crippen molar-refractivity contribution >= 4 is 5.78 Å². The van der Waals surface area contributed by atoms with Crippen LogP contribution in [0.2, 0.25) is 0 Å². The fourth-order valence-corrected chi connectivity index (χ4v) is 6.37. The Bertz CT molecular complexity index is 529. The molecule has 0 aliphatic heterocycles. The van der Waals surface area contributed by atoms with Gasteiger partial charge in [-0.25, -0.2) is 0 Å². The van der Waals surface area contributed by atoms with Crippen LogP contribution in [0.5, 0.6) is 0 Å². The van der Waals surface area contributed by atoms with Crippen molar-refractivity contribution in [3.05, 3.63) is 12.7 Å². The summed E-state index contributed by atoms with van der Waals surface area (Å²) in [5.41, 5.74) is -1.07. The van der Waals surface area contributed by atoms with Crippen LogP contribution in [0.25, 0.3) is 0 Å². The maximum absolute atomic E-state index is 12.8. The number of ketones is 1. The lowest BCUT2D eigenvalue weighted by Crippen LogP contribution is -2.62. The molecule has 3 saturated carbocycles. The number of carbonyl (C=O) groups is 1. The standard InChI is InChI=1S/C20H32O3/c1-6-18(4)11-15(22)19(5)12(2)7-9-20(13(3)17(18)23)10-8-14(21)16(19)20/h6,12-13,15-17,22-23H,1,7-11H2,2-5H3. The molecule has 0 aromatic heterocycles. The summed E-state index contributed by atoms with van der Waals surface area (Å²) in [5.74, 6) is 0.544. The number of rotatable bonds is 1. The Morgan fingerprint density at radius 2 is 1.87 bits per heavy atom. The first kappa shape index (κ1) is 17.2. The molecule has 3 aliphatic carbocycles. The summed E-state index contributed by atoms with van der Waals surface area (Å²) in [5, 5.41) is 22.3. The zero-order chi connectivity index (χ0) is 17.2. The molecule has 0 radical (unpaired) electrons. The van der Waals surface area contributed by atoms with Gasteiger partial charge in [0.1, 0.15) is 5.78 Å². The summed E-state index contributed by atoms with van der Waals surface area (Å²) in [7, 11) is 0. The summed E-state index contributed by atoms with van der Waals surface area (Å²) >= 11 is 0. The molecule has 2 N–H and O–H groups in total. The molecular weight excluding hydrogens is 288 g/mol. The topological polar surface area (TPSA) is 57.5 Å². The molecule has 130 valence electrons. The van der Waals surface area contributed by atoms with E-state index < -0.39 is 23.0 Å². The van der Waals surface area contributed by atoms with E-state index in [1.54, 1.807) is 0 Å². The Balaban J connectivity index is 2.21. The molecule has 0 amide bonds. The van der Waals surface area contributed by atoms with Crippen molar-refractivity contribution in [2.45, 2.75) is 72.0 Å². The molecule has 23 heavy (non-hydrogen) atoms. The van der Waals surface area contributed by atoms with Crippen LogP contribution in [0.4, 0.5) is 0 Å². The summed E-state index contributed by atoms with van der Waals surface area (Å²) in [6.07, 6.45) is 4.60. The van der Waals surface area contributed by atoms with Gasteiger partial charge in [-0.05, 0) is 42.9 Å². The third kappa shape index (κ3) is 1.99. The highest BCUT2D eigenvalue weighted by atomic mass is 16.3. The molecule has 0 spiro atoms. The fraction of sp³-hybridized carbons (Fsp3) is 0.850. The molecule has 8 atom stereocenters. The fourth-order valence-electron chi connectivity index (χ4n) is 6.37. The van der Waals surface area contributed by atoms with E-state index in [1.807, 2.05) is 13.0 Å². The van der Waals surface area contributed by atoms with Crippen molar-refractivity contribution in [1.29, 1.82) is 0 Å². The second kappa shape index (κ2) is 5.16. The summed E-state index contributed by atoms with van der Waals surface area (Å²) < 4.78 is 0. The summed E-state index contributed by atoms with van der Waals surface area (Å²) in [4.78, 5) is 12.8. The van der Waals surface area contributed by atoms with E-state index in [0.717, 1.165) is 19.3 Å². The van der Waals surface area contributed by atoms with Gasteiger partial charge in [0.25, 0.3) is 0 Å². The average Bonchev–Trinajstić information content (AvgIpc) is 2.87. The van der Waals surface area contributed by atoms with Gasteiger partial charge < -0.3 is 10.2 Å². The second-order valence-corrected chi connectivity index (χ2v) is 9.10. The van der Waals surface area contributed by atoms with Crippen LogP contribution in [0.1, 0.15) is 59.8 Å². The third-order valence-electron chi connectivity index (χ3n) is 8.33. The van der Waals surface area contributed by atoms with E-state index >= 15 is 0 Å². The molecule has 8 unspecified atom stereocenters. The van der Waals surface area contributed by atoms with Crippen LogP contribution in [0.3, 0.4) is 0 Å². The SMILES string of the molecule is C=CC1(C)CC(O)C2(C)C(C)CCC3(CCC(=O)C32)C(C)C1O. The number of hydrogen-bond acceptors (Lipinski definition) is 3. The molecule has 0 heterocycles. The predicted molar refractivity (Wildman–Crippen MR) is 90.8 cm³/mol. The van der Waals surface area contributed by atoms with E-state index in [9.17, 15) is 15.0 Å². The molecule has 3 fully saturated rings. The molecule has 0 aromatic carbocycles. The lowest BCUT2D eigenvalue weighted by molar-refractivity contribution is -0.191. The minimum Gasteiger partial charge on any atom is -0.392 e. The highest BCUT2D eigenvalue weighted by Gasteiger charge is 2.67. The Morgan fingerprint density at radius 3 is 2.48 bits per heavy atom. The van der Waals surface area contributed by atoms with Crippen LogP contribution in [0, 0.1) is 34.0 Å². The Morgan fingerprint density at radius 1 is 1.22 bits per heavy atom. The summed E-state index contributed by atoms with van der Waals surface area (Å²) in [6, 6.07) is 0. The zero-order valence-electron chi connectivity index (χ0n) is 15.0. The normalized spacial score (nSPS) is 56.6. The van der Waals surface area contributed by atoms with E-state index in [0.29, 0.717) is 24.5 Å². The monoisotopic (exact) mass is 320 g/mol. The summed E-state index contributed by atoms with van der Waals surface area (Å²) in [6.45, 7) is 12.4. The van der Waals surface area contributed by atoms with Gasteiger partial charge >= 0.3 is 0 Å². The maximum Gasteiger partial charge on any atom is 0.137 e. The molecular formula is C20H32O3. The number of aliphatic hydroxyl groups is 2. The zero-order valence-corrected chi connectivity index (χ0v) is 15.0. The van der Waals surface area contributed by atoms with E-state index in [4.69, 9.17) is 0 Å². The van der Waals surface area contributed by atoms with Crippen LogP contribution in [-0.2, 0) is 4.79 Å². The number of hydrogen-bond donors (Lipinski definition) is 2. The Hall–Kier alpha value is -0.670. The van der Waals surface area contributed by atoms with Gasteiger partial charge in [0.15, 0.2) is 0 Å². The van der Waals surface area contributed by atoms with Crippen molar-refractivity contribution in [2.75, 3.05) is 0 Å². The van der Waals surface area contributed by atoms with Gasteiger partial charge in [-0.15, -0.1) is 6.58 Å². The van der Waals surface area contributed by atoms with Crippen molar-refractivity contribution < 1.29 is 15.0 Å². The molecule has 2 bridgehead atoms. The lowest BCUT2D eigenvalue weighted by atomic mass is 9.44. The van der Waals surface area contributed by atoms with Crippen LogP contribution in [0.15, 0.2) is 12.7 Å². The average molecular weight is 320 g/mol. The smallest absolute Gasteiger partial charge is 0.137 e. The van der Waals surface area contributed by atoms with Crippen LogP contribution >= 0.6 is 0 Å². The highest BCUT2D eigenvalue weighted by molar-refractivity contribution is 5.85. The second-order valence-electron chi connectivity index (χ2n) is 9.10. The van der Waals surface area contributed by atoms with Gasteiger partial charge in [0.2, 0.25) is 0 Å². The molecule has 3 nitrogen and oxygen atoms in total. The molecule has 0 aromatic rings. The van der Waals surface area contributed by atoms with Gasteiger partial charge in [-0.1, -0.05) is 33.8 Å². The number of carbonyl (C=O) groups excluding carboxylic acids is 1. The first-order valence-corrected chi connectivity index (χ1v) is 9.16. The van der Waals surface area contributed by atoms with Crippen LogP contribution < -0.4 is 0 Å². The van der Waals surface area contributed by atoms with Gasteiger partial charge in [-0.2, -0.15) is 0 Å². The van der Waals surface area contributed by atoms with E-state index in [2.05, 4.69) is 27.4 Å². The van der Waals surface area contributed by atoms with Crippen molar-refractivity contribution in [3.63, 3.8) is 0 Å². The van der Waals surface area contributed by atoms with E-state index in [-0.39, 0.29) is 17.3 Å². The number of aliphatic hydroxyl groups excluding tert-OH is 2. The number of Topliss-reactive ketones (excluding diaryl/α,β-unsaturated/α-hetero) is 1. The van der Waals surface area contributed by atoms with Gasteiger partial charge in [0.05, 0.1) is 12.2 Å². The van der Waals surface area contributed by atoms with Crippen LogP contribution in [-0.4, -0.2) is 28.2 Å². The predicted octanol–water partition coefficient (Wildman–Crippen LogP) is 3.34.